The van der Waals surface area contributed by atoms with Crippen LogP contribution in [0.15, 0.2) is 0 Å². The molecule has 102 valence electrons. The lowest BCUT2D eigenvalue weighted by Gasteiger charge is -2.22. The second-order valence-corrected chi connectivity index (χ2v) is 6.43. The highest BCUT2D eigenvalue weighted by Crippen LogP contribution is 2.26. The van der Waals surface area contributed by atoms with Gasteiger partial charge in [-0.3, -0.25) is 9.89 Å². The molecule has 0 spiro atoms. The molecule has 1 rings (SSSR count). The van der Waals surface area contributed by atoms with E-state index in [1.807, 2.05) is 13.8 Å². The maximum Gasteiger partial charge on any atom is 0.224 e. The number of hydrogen-bond donors (Lipinski definition) is 2. The van der Waals surface area contributed by atoms with Gasteiger partial charge in [0, 0.05) is 6.42 Å². The Labute approximate surface area is 110 Å². The molecule has 0 saturated carbocycles. The van der Waals surface area contributed by atoms with E-state index in [0.717, 1.165) is 23.5 Å². The fourth-order valence-corrected chi connectivity index (χ4v) is 2.36. The molecule has 2 N–H and O–H groups in total. The van der Waals surface area contributed by atoms with Crippen LogP contribution < -0.4 is 5.32 Å². The van der Waals surface area contributed by atoms with Gasteiger partial charge in [0.05, 0.1) is 17.1 Å². The molecule has 0 fully saturated rings. The number of aromatic amines is 1. The zero-order valence-electron chi connectivity index (χ0n) is 12.3. The summed E-state index contributed by atoms with van der Waals surface area (Å²) in [5, 5.41) is 9.88. The Morgan fingerprint density at radius 2 is 2.00 bits per heavy atom. The van der Waals surface area contributed by atoms with E-state index in [4.69, 9.17) is 0 Å². The summed E-state index contributed by atoms with van der Waals surface area (Å²) >= 11 is 0. The summed E-state index contributed by atoms with van der Waals surface area (Å²) in [6, 6.07) is 0. The zero-order valence-corrected chi connectivity index (χ0v) is 12.3. The molecule has 0 aliphatic heterocycles. The van der Waals surface area contributed by atoms with Gasteiger partial charge in [-0.1, -0.05) is 27.7 Å². The van der Waals surface area contributed by atoms with Crippen molar-refractivity contribution >= 4 is 11.6 Å². The number of nitrogens with zero attached hydrogens (tertiary/aromatic N) is 1. The number of carbonyl (C=O) groups is 1. The van der Waals surface area contributed by atoms with E-state index in [2.05, 4.69) is 43.2 Å². The first kappa shape index (κ1) is 14.7. The Balaban J connectivity index is 2.52. The van der Waals surface area contributed by atoms with Crippen molar-refractivity contribution in [2.45, 2.75) is 54.4 Å². The number of hydrogen-bond acceptors (Lipinski definition) is 2. The van der Waals surface area contributed by atoms with Crippen molar-refractivity contribution in [2.75, 3.05) is 5.32 Å². The van der Waals surface area contributed by atoms with Crippen LogP contribution in [0.4, 0.5) is 5.69 Å². The third-order valence-electron chi connectivity index (χ3n) is 2.89. The lowest BCUT2D eigenvalue weighted by Crippen LogP contribution is -2.19. The van der Waals surface area contributed by atoms with Crippen LogP contribution in [-0.2, 0) is 4.79 Å². The molecule has 1 heterocycles. The van der Waals surface area contributed by atoms with Crippen LogP contribution in [0.1, 0.15) is 51.9 Å². The molecule has 1 aromatic rings. The highest BCUT2D eigenvalue weighted by molar-refractivity contribution is 5.91. The molecule has 1 unspecified atom stereocenters. The number of aryl methyl sites for hydroxylation is 2. The van der Waals surface area contributed by atoms with Crippen molar-refractivity contribution in [2.24, 2.45) is 11.3 Å². The monoisotopic (exact) mass is 251 g/mol. The highest BCUT2D eigenvalue weighted by atomic mass is 16.1. The highest BCUT2D eigenvalue weighted by Gasteiger charge is 2.18. The molecule has 0 saturated heterocycles. The summed E-state index contributed by atoms with van der Waals surface area (Å²) in [4.78, 5) is 12.0. The van der Waals surface area contributed by atoms with Gasteiger partial charge in [-0.05, 0) is 31.6 Å². The third-order valence-corrected chi connectivity index (χ3v) is 2.89. The van der Waals surface area contributed by atoms with Gasteiger partial charge in [0.25, 0.3) is 0 Å². The van der Waals surface area contributed by atoms with Crippen molar-refractivity contribution < 1.29 is 4.79 Å². The van der Waals surface area contributed by atoms with Crippen molar-refractivity contribution in [1.82, 2.24) is 10.2 Å². The van der Waals surface area contributed by atoms with Crippen molar-refractivity contribution in [3.63, 3.8) is 0 Å². The van der Waals surface area contributed by atoms with Crippen LogP contribution in [0, 0.1) is 25.2 Å². The summed E-state index contributed by atoms with van der Waals surface area (Å²) < 4.78 is 0. The van der Waals surface area contributed by atoms with Gasteiger partial charge >= 0.3 is 0 Å². The Bertz CT molecular complexity index is 396. The largest absolute Gasteiger partial charge is 0.323 e. The number of nitrogens with one attached hydrogen (secondary N) is 2. The molecular weight excluding hydrogens is 226 g/mol. The number of H-pyrrole nitrogens is 1. The average Bonchev–Trinajstić information content (AvgIpc) is 2.46. The van der Waals surface area contributed by atoms with Crippen LogP contribution in [0.25, 0.3) is 0 Å². The lowest BCUT2D eigenvalue weighted by atomic mass is 9.84. The van der Waals surface area contributed by atoms with Gasteiger partial charge in [-0.15, -0.1) is 0 Å². The molecular formula is C14H25N3O. The number of carbonyl (C=O) groups excluding carboxylic acids is 1. The van der Waals surface area contributed by atoms with Gasteiger partial charge in [0.2, 0.25) is 5.91 Å². The van der Waals surface area contributed by atoms with E-state index in [9.17, 15) is 4.79 Å². The minimum atomic E-state index is 0.0688. The number of amides is 1. The number of aromatic nitrogens is 2. The Kier molecular flexibility index (Phi) is 4.54. The van der Waals surface area contributed by atoms with Gasteiger partial charge in [0.15, 0.2) is 0 Å². The van der Waals surface area contributed by atoms with Crippen molar-refractivity contribution in [1.29, 1.82) is 0 Å². The molecule has 0 radical (unpaired) electrons. The van der Waals surface area contributed by atoms with E-state index < -0.39 is 0 Å². The smallest absolute Gasteiger partial charge is 0.224 e. The van der Waals surface area contributed by atoms with E-state index >= 15 is 0 Å². The predicted octanol–water partition coefficient (Wildman–Crippen LogP) is 3.43. The van der Waals surface area contributed by atoms with Gasteiger partial charge in [0.1, 0.15) is 0 Å². The predicted molar refractivity (Wildman–Crippen MR) is 74.5 cm³/mol. The van der Waals surface area contributed by atoms with Crippen LogP contribution >= 0.6 is 0 Å². The Hall–Kier alpha value is -1.32. The molecule has 1 atom stereocenters. The van der Waals surface area contributed by atoms with Crippen LogP contribution in [0.5, 0.6) is 0 Å². The van der Waals surface area contributed by atoms with Gasteiger partial charge in [-0.25, -0.2) is 0 Å². The van der Waals surface area contributed by atoms with Crippen LogP contribution in [-0.4, -0.2) is 16.1 Å². The standard InChI is InChI=1S/C14H25N3O/c1-9(8-14(4,5)6)7-12(18)15-13-10(2)16-17-11(13)3/h9H,7-8H2,1-6H3,(H,15,18)(H,16,17). The molecule has 4 nitrogen and oxygen atoms in total. The molecule has 1 aromatic heterocycles. The van der Waals surface area contributed by atoms with Crippen molar-refractivity contribution in [3.05, 3.63) is 11.4 Å². The normalized spacial score (nSPS) is 13.4. The first-order valence-electron chi connectivity index (χ1n) is 6.50. The molecule has 0 aliphatic carbocycles. The maximum absolute atomic E-state index is 12.0. The molecule has 4 heteroatoms. The second-order valence-electron chi connectivity index (χ2n) is 6.43. The first-order chi connectivity index (χ1) is 8.19. The fraction of sp³-hybridized carbons (Fsp3) is 0.714. The topological polar surface area (TPSA) is 57.8 Å². The Morgan fingerprint density at radius 3 is 2.44 bits per heavy atom. The minimum Gasteiger partial charge on any atom is -0.323 e. The van der Waals surface area contributed by atoms with Crippen molar-refractivity contribution in [3.8, 4) is 0 Å². The van der Waals surface area contributed by atoms with Gasteiger partial charge < -0.3 is 5.32 Å². The van der Waals surface area contributed by atoms with Crippen LogP contribution in [0.2, 0.25) is 0 Å². The minimum absolute atomic E-state index is 0.0688. The molecule has 0 aliphatic rings. The first-order valence-corrected chi connectivity index (χ1v) is 6.50. The zero-order chi connectivity index (χ0) is 13.9. The average molecular weight is 251 g/mol. The Morgan fingerprint density at radius 1 is 1.39 bits per heavy atom. The fourth-order valence-electron chi connectivity index (χ4n) is 2.36. The SMILES string of the molecule is Cc1n[nH]c(C)c1NC(=O)CC(C)CC(C)(C)C. The summed E-state index contributed by atoms with van der Waals surface area (Å²) in [6.45, 7) is 12.5. The third kappa shape index (κ3) is 4.51. The van der Waals surface area contributed by atoms with E-state index in [1.165, 1.54) is 0 Å². The number of rotatable bonds is 4. The lowest BCUT2D eigenvalue weighted by molar-refractivity contribution is -0.117. The maximum atomic E-state index is 12.0. The van der Waals surface area contributed by atoms with Gasteiger partial charge in [-0.2, -0.15) is 5.10 Å². The van der Waals surface area contributed by atoms with Crippen LogP contribution in [0.3, 0.4) is 0 Å². The molecule has 1 amide bonds. The second kappa shape index (κ2) is 5.55. The summed E-state index contributed by atoms with van der Waals surface area (Å²) in [6.07, 6.45) is 1.60. The van der Waals surface area contributed by atoms with E-state index in [1.54, 1.807) is 0 Å². The number of anilines is 1. The molecule has 0 aromatic carbocycles. The summed E-state index contributed by atoms with van der Waals surface area (Å²) in [5.41, 5.74) is 2.83. The molecule has 18 heavy (non-hydrogen) atoms. The molecule has 0 bridgehead atoms. The summed E-state index contributed by atoms with van der Waals surface area (Å²) in [7, 11) is 0. The summed E-state index contributed by atoms with van der Waals surface area (Å²) in [5.74, 6) is 0.455. The van der Waals surface area contributed by atoms with E-state index in [-0.39, 0.29) is 11.3 Å². The van der Waals surface area contributed by atoms with E-state index in [0.29, 0.717) is 12.3 Å². The quantitative estimate of drug-likeness (QED) is 0.861.